The van der Waals surface area contributed by atoms with Crippen molar-refractivity contribution in [1.82, 2.24) is 0 Å². The fraction of sp³-hybridized carbons (Fsp3) is 0.526. The standard InChI is InChI=1S/C19H25ClO3/c1-3-10-19(22)12-6-5-11-18(19,17(21)23-4-2)14-15-8-7-9-16(20)13-15/h3,7-9,13,22H,1,4-6,10-12,14H2,2H3/t18-,19-/m1/s1. The second-order valence-electron chi connectivity index (χ2n) is 6.34. The van der Waals surface area contributed by atoms with E-state index in [-0.39, 0.29) is 5.97 Å². The minimum absolute atomic E-state index is 0.306. The average Bonchev–Trinajstić information content (AvgIpc) is 2.50. The molecule has 0 aliphatic heterocycles. The van der Waals surface area contributed by atoms with E-state index in [2.05, 4.69) is 6.58 Å². The van der Waals surface area contributed by atoms with Crippen LogP contribution in [-0.2, 0) is 16.0 Å². The SMILES string of the molecule is C=CC[C@@]1(O)CCCC[C@@]1(Cc1cccc(Cl)c1)C(=O)OCC. The Morgan fingerprint density at radius 2 is 2.17 bits per heavy atom. The van der Waals surface area contributed by atoms with Gasteiger partial charge in [-0.2, -0.15) is 0 Å². The Balaban J connectivity index is 2.45. The third-order valence-corrected chi connectivity index (χ3v) is 5.11. The van der Waals surface area contributed by atoms with Crippen LogP contribution in [0.4, 0.5) is 0 Å². The maximum atomic E-state index is 12.9. The van der Waals surface area contributed by atoms with Crippen LogP contribution in [0.5, 0.6) is 0 Å². The van der Waals surface area contributed by atoms with Crippen LogP contribution in [0.25, 0.3) is 0 Å². The number of esters is 1. The second-order valence-corrected chi connectivity index (χ2v) is 6.78. The zero-order chi connectivity index (χ0) is 16.9. The first-order chi connectivity index (χ1) is 11.0. The molecule has 4 heteroatoms. The summed E-state index contributed by atoms with van der Waals surface area (Å²) in [4.78, 5) is 12.9. The first kappa shape index (κ1) is 18.0. The van der Waals surface area contributed by atoms with Gasteiger partial charge in [0, 0.05) is 5.02 Å². The Bertz CT molecular complexity index is 571. The largest absolute Gasteiger partial charge is 0.465 e. The number of halogens is 1. The van der Waals surface area contributed by atoms with Crippen LogP contribution in [0, 0.1) is 5.41 Å². The monoisotopic (exact) mass is 336 g/mol. The molecule has 0 radical (unpaired) electrons. The van der Waals surface area contributed by atoms with Gasteiger partial charge in [0.15, 0.2) is 0 Å². The zero-order valence-electron chi connectivity index (χ0n) is 13.7. The normalized spacial score (nSPS) is 27.4. The fourth-order valence-corrected chi connectivity index (χ4v) is 3.95. The lowest BCUT2D eigenvalue weighted by atomic mass is 9.59. The van der Waals surface area contributed by atoms with Crippen LogP contribution in [0.1, 0.15) is 44.6 Å². The quantitative estimate of drug-likeness (QED) is 0.622. The predicted octanol–water partition coefficient (Wildman–Crippen LogP) is 4.31. The van der Waals surface area contributed by atoms with Gasteiger partial charge in [-0.1, -0.05) is 42.7 Å². The van der Waals surface area contributed by atoms with Crippen molar-refractivity contribution in [1.29, 1.82) is 0 Å². The molecular weight excluding hydrogens is 312 g/mol. The molecule has 0 aromatic heterocycles. The van der Waals surface area contributed by atoms with E-state index in [1.165, 1.54) is 0 Å². The summed E-state index contributed by atoms with van der Waals surface area (Å²) < 4.78 is 5.36. The average molecular weight is 337 g/mol. The maximum absolute atomic E-state index is 12.9. The first-order valence-corrected chi connectivity index (χ1v) is 8.60. The number of hydrogen-bond donors (Lipinski definition) is 1. The zero-order valence-corrected chi connectivity index (χ0v) is 14.4. The molecule has 0 spiro atoms. The third kappa shape index (κ3) is 3.61. The summed E-state index contributed by atoms with van der Waals surface area (Å²) in [6, 6.07) is 7.46. The van der Waals surface area contributed by atoms with E-state index < -0.39 is 11.0 Å². The van der Waals surface area contributed by atoms with Crippen LogP contribution >= 0.6 is 11.6 Å². The molecule has 1 fully saturated rings. The molecule has 1 N–H and O–H groups in total. The number of aliphatic hydroxyl groups is 1. The maximum Gasteiger partial charge on any atom is 0.315 e. The van der Waals surface area contributed by atoms with Crippen molar-refractivity contribution in [3.8, 4) is 0 Å². The number of rotatable bonds is 6. The summed E-state index contributed by atoms with van der Waals surface area (Å²) in [6.45, 7) is 5.86. The summed E-state index contributed by atoms with van der Waals surface area (Å²) in [7, 11) is 0. The Hall–Kier alpha value is -1.32. The highest BCUT2D eigenvalue weighted by molar-refractivity contribution is 6.30. The smallest absolute Gasteiger partial charge is 0.315 e. The number of carbonyl (C=O) groups is 1. The molecule has 0 saturated heterocycles. The molecule has 1 aliphatic carbocycles. The Morgan fingerprint density at radius 3 is 2.83 bits per heavy atom. The van der Waals surface area contributed by atoms with Crippen molar-refractivity contribution in [2.75, 3.05) is 6.61 Å². The van der Waals surface area contributed by atoms with Gasteiger partial charge in [-0.3, -0.25) is 4.79 Å². The first-order valence-electron chi connectivity index (χ1n) is 8.22. The number of carbonyl (C=O) groups excluding carboxylic acids is 1. The lowest BCUT2D eigenvalue weighted by Crippen LogP contribution is -2.57. The van der Waals surface area contributed by atoms with Crippen molar-refractivity contribution in [3.63, 3.8) is 0 Å². The second kappa shape index (κ2) is 7.50. The Morgan fingerprint density at radius 1 is 1.43 bits per heavy atom. The van der Waals surface area contributed by atoms with Crippen LogP contribution < -0.4 is 0 Å². The lowest BCUT2D eigenvalue weighted by molar-refractivity contribution is -0.183. The Labute approximate surface area is 143 Å². The molecule has 0 bridgehead atoms. The van der Waals surface area contributed by atoms with Gasteiger partial charge in [0.1, 0.15) is 5.41 Å². The predicted molar refractivity (Wildman–Crippen MR) is 92.5 cm³/mol. The molecule has 126 valence electrons. The van der Waals surface area contributed by atoms with Gasteiger partial charge in [0.2, 0.25) is 0 Å². The molecule has 3 nitrogen and oxygen atoms in total. The van der Waals surface area contributed by atoms with Crippen LogP contribution in [0.2, 0.25) is 5.02 Å². The van der Waals surface area contributed by atoms with E-state index in [1.807, 2.05) is 18.2 Å². The third-order valence-electron chi connectivity index (χ3n) is 4.88. The molecule has 1 aliphatic rings. The van der Waals surface area contributed by atoms with Crippen molar-refractivity contribution >= 4 is 17.6 Å². The van der Waals surface area contributed by atoms with Gasteiger partial charge in [0.25, 0.3) is 0 Å². The summed E-state index contributed by atoms with van der Waals surface area (Å²) >= 11 is 6.09. The molecule has 0 amide bonds. The van der Waals surface area contributed by atoms with Crippen LogP contribution in [0.3, 0.4) is 0 Å². The van der Waals surface area contributed by atoms with Crippen LogP contribution in [-0.4, -0.2) is 23.3 Å². The summed E-state index contributed by atoms with van der Waals surface area (Å²) in [5.74, 6) is -0.316. The Kier molecular flexibility index (Phi) is 5.88. The van der Waals surface area contributed by atoms with Gasteiger partial charge in [0.05, 0.1) is 12.2 Å². The van der Waals surface area contributed by atoms with Crippen molar-refractivity contribution < 1.29 is 14.6 Å². The highest BCUT2D eigenvalue weighted by Gasteiger charge is 2.56. The van der Waals surface area contributed by atoms with Crippen molar-refractivity contribution in [3.05, 3.63) is 47.5 Å². The highest BCUT2D eigenvalue weighted by atomic mass is 35.5. The van der Waals surface area contributed by atoms with E-state index in [1.54, 1.807) is 19.1 Å². The molecule has 1 aromatic carbocycles. The number of benzene rings is 1. The van der Waals surface area contributed by atoms with Gasteiger partial charge in [-0.05, 0) is 50.3 Å². The molecule has 2 atom stereocenters. The van der Waals surface area contributed by atoms with E-state index in [4.69, 9.17) is 16.3 Å². The van der Waals surface area contributed by atoms with Crippen molar-refractivity contribution in [2.45, 2.75) is 51.0 Å². The van der Waals surface area contributed by atoms with Crippen molar-refractivity contribution in [2.24, 2.45) is 5.41 Å². The van der Waals surface area contributed by atoms with E-state index in [0.717, 1.165) is 18.4 Å². The van der Waals surface area contributed by atoms with Gasteiger partial charge >= 0.3 is 5.97 Å². The van der Waals surface area contributed by atoms with Gasteiger partial charge in [-0.15, -0.1) is 6.58 Å². The number of ether oxygens (including phenoxy) is 1. The number of hydrogen-bond acceptors (Lipinski definition) is 3. The molecule has 0 unspecified atom stereocenters. The molecule has 2 rings (SSSR count). The summed E-state index contributed by atoms with van der Waals surface area (Å²) in [5, 5.41) is 11.9. The molecule has 1 saturated carbocycles. The highest BCUT2D eigenvalue weighted by Crippen LogP contribution is 2.49. The molecule has 23 heavy (non-hydrogen) atoms. The minimum atomic E-state index is -1.12. The topological polar surface area (TPSA) is 46.5 Å². The van der Waals surface area contributed by atoms with E-state index in [9.17, 15) is 9.90 Å². The molecular formula is C19H25ClO3. The minimum Gasteiger partial charge on any atom is -0.465 e. The van der Waals surface area contributed by atoms with Gasteiger partial charge < -0.3 is 9.84 Å². The summed E-state index contributed by atoms with van der Waals surface area (Å²) in [5.41, 5.74) is -1.13. The van der Waals surface area contributed by atoms with E-state index >= 15 is 0 Å². The van der Waals surface area contributed by atoms with Gasteiger partial charge in [-0.25, -0.2) is 0 Å². The van der Waals surface area contributed by atoms with E-state index in [0.29, 0.717) is 37.3 Å². The fourth-order valence-electron chi connectivity index (χ4n) is 3.73. The molecule has 1 aromatic rings. The van der Waals surface area contributed by atoms with Crippen LogP contribution in [0.15, 0.2) is 36.9 Å². The lowest BCUT2D eigenvalue weighted by Gasteiger charge is -2.48. The summed E-state index contributed by atoms with van der Waals surface area (Å²) in [6.07, 6.45) is 5.50. The molecule has 0 heterocycles.